The van der Waals surface area contributed by atoms with Gasteiger partial charge in [-0.1, -0.05) is 0 Å². The maximum atomic E-state index is 12.4. The first-order chi connectivity index (χ1) is 9.13. The quantitative estimate of drug-likeness (QED) is 0.790. The number of piperidine rings is 1. The summed E-state index contributed by atoms with van der Waals surface area (Å²) in [4.78, 5) is 26.8. The second-order valence-corrected chi connectivity index (χ2v) is 5.41. The normalized spacial score (nSPS) is 23.8. The number of hydrogen-bond donors (Lipinski definition) is 2. The predicted molar refractivity (Wildman–Crippen MR) is 68.8 cm³/mol. The Balaban J connectivity index is 1.97. The zero-order chi connectivity index (χ0) is 13.8. The third kappa shape index (κ3) is 3.18. The Morgan fingerprint density at radius 1 is 1.21 bits per heavy atom. The highest BCUT2D eigenvalue weighted by Gasteiger charge is 2.34. The standard InChI is InChI=1S/C13H22N2O4/c16-8-7-15(11-4-1-5-11)13(19)14-6-2-3-10(9-14)12(17)18/h10-11,16H,1-9H2,(H,17,18)/t10-/m0/s1. The van der Waals surface area contributed by atoms with Crippen molar-refractivity contribution in [2.24, 2.45) is 5.92 Å². The van der Waals surface area contributed by atoms with Crippen LogP contribution < -0.4 is 0 Å². The van der Waals surface area contributed by atoms with Crippen LogP contribution in [0.2, 0.25) is 0 Å². The summed E-state index contributed by atoms with van der Waals surface area (Å²) < 4.78 is 0. The van der Waals surface area contributed by atoms with Crippen molar-refractivity contribution in [2.75, 3.05) is 26.2 Å². The lowest BCUT2D eigenvalue weighted by Gasteiger charge is -2.41. The van der Waals surface area contributed by atoms with Gasteiger partial charge in [0.2, 0.25) is 0 Å². The van der Waals surface area contributed by atoms with E-state index in [0.29, 0.717) is 26.1 Å². The van der Waals surface area contributed by atoms with Crippen LogP contribution in [0, 0.1) is 5.92 Å². The number of aliphatic hydroxyl groups excluding tert-OH is 1. The van der Waals surface area contributed by atoms with Crippen molar-refractivity contribution in [1.29, 1.82) is 0 Å². The molecule has 0 spiro atoms. The highest BCUT2D eigenvalue weighted by atomic mass is 16.4. The summed E-state index contributed by atoms with van der Waals surface area (Å²) in [5.41, 5.74) is 0. The molecule has 2 amide bonds. The SMILES string of the molecule is O=C(O)[C@H]1CCCN(C(=O)N(CCO)C2CCC2)C1. The molecule has 6 nitrogen and oxygen atoms in total. The molecule has 0 unspecified atom stereocenters. The molecule has 0 aromatic rings. The first-order valence-corrected chi connectivity index (χ1v) is 7.02. The number of hydrogen-bond acceptors (Lipinski definition) is 3. The molecule has 108 valence electrons. The molecular weight excluding hydrogens is 248 g/mol. The van der Waals surface area contributed by atoms with Crippen LogP contribution in [0.1, 0.15) is 32.1 Å². The molecule has 19 heavy (non-hydrogen) atoms. The van der Waals surface area contributed by atoms with Gasteiger partial charge in [-0.3, -0.25) is 4.79 Å². The van der Waals surface area contributed by atoms with Gasteiger partial charge >= 0.3 is 12.0 Å². The number of carboxylic acid groups (broad SMARTS) is 1. The summed E-state index contributed by atoms with van der Waals surface area (Å²) in [5, 5.41) is 18.1. The highest BCUT2D eigenvalue weighted by Crippen LogP contribution is 2.27. The van der Waals surface area contributed by atoms with Crippen LogP contribution in [0.4, 0.5) is 4.79 Å². The number of aliphatic hydroxyl groups is 1. The Morgan fingerprint density at radius 2 is 1.95 bits per heavy atom. The summed E-state index contributed by atoms with van der Waals surface area (Å²) in [5.74, 6) is -1.27. The number of carbonyl (C=O) groups excluding carboxylic acids is 1. The van der Waals surface area contributed by atoms with Crippen molar-refractivity contribution >= 4 is 12.0 Å². The van der Waals surface area contributed by atoms with Gasteiger partial charge in [-0.2, -0.15) is 0 Å². The van der Waals surface area contributed by atoms with Gasteiger partial charge < -0.3 is 20.0 Å². The number of rotatable bonds is 4. The Morgan fingerprint density at radius 3 is 2.47 bits per heavy atom. The van der Waals surface area contributed by atoms with Crippen LogP contribution in [0.5, 0.6) is 0 Å². The molecular formula is C13H22N2O4. The maximum Gasteiger partial charge on any atom is 0.320 e. The number of carbonyl (C=O) groups is 2. The topological polar surface area (TPSA) is 81.1 Å². The third-order valence-corrected chi connectivity index (χ3v) is 4.14. The van der Waals surface area contributed by atoms with E-state index >= 15 is 0 Å². The molecule has 6 heteroatoms. The van der Waals surface area contributed by atoms with E-state index in [2.05, 4.69) is 0 Å². The lowest BCUT2D eigenvalue weighted by Crippen LogP contribution is -2.54. The summed E-state index contributed by atoms with van der Waals surface area (Å²) in [6.45, 7) is 1.22. The Kier molecular flexibility index (Phi) is 4.63. The van der Waals surface area contributed by atoms with Crippen LogP contribution in [0.25, 0.3) is 0 Å². The molecule has 0 aromatic heterocycles. The van der Waals surface area contributed by atoms with Crippen molar-refractivity contribution in [1.82, 2.24) is 9.80 Å². The lowest BCUT2D eigenvalue weighted by molar-refractivity contribution is -0.143. The van der Waals surface area contributed by atoms with E-state index in [-0.39, 0.29) is 18.7 Å². The first-order valence-electron chi connectivity index (χ1n) is 7.02. The molecule has 0 aromatic carbocycles. The number of amides is 2. The van der Waals surface area contributed by atoms with Gasteiger partial charge in [0.25, 0.3) is 0 Å². The van der Waals surface area contributed by atoms with Crippen LogP contribution in [-0.4, -0.2) is 64.3 Å². The van der Waals surface area contributed by atoms with Gasteiger partial charge in [0.15, 0.2) is 0 Å². The molecule has 2 fully saturated rings. The highest BCUT2D eigenvalue weighted by molar-refractivity contribution is 5.77. The van der Waals surface area contributed by atoms with Gasteiger partial charge in [-0.25, -0.2) is 4.79 Å². The monoisotopic (exact) mass is 270 g/mol. The molecule has 1 heterocycles. The summed E-state index contributed by atoms with van der Waals surface area (Å²) >= 11 is 0. The van der Waals surface area contributed by atoms with Gasteiger partial charge in [0.1, 0.15) is 0 Å². The van der Waals surface area contributed by atoms with Crippen molar-refractivity contribution in [3.05, 3.63) is 0 Å². The summed E-state index contributed by atoms with van der Waals surface area (Å²) in [6, 6.07) is 0.120. The second-order valence-electron chi connectivity index (χ2n) is 5.41. The number of likely N-dealkylation sites (tertiary alicyclic amines) is 1. The number of nitrogens with zero attached hydrogens (tertiary/aromatic N) is 2. The van der Waals surface area contributed by atoms with Crippen LogP contribution >= 0.6 is 0 Å². The molecule has 1 saturated carbocycles. The van der Waals surface area contributed by atoms with Gasteiger partial charge in [-0.15, -0.1) is 0 Å². The molecule has 1 saturated heterocycles. The summed E-state index contributed by atoms with van der Waals surface area (Å²) in [7, 11) is 0. The van der Waals surface area contributed by atoms with E-state index in [0.717, 1.165) is 25.7 Å². The molecule has 1 aliphatic heterocycles. The molecule has 1 atom stereocenters. The average Bonchev–Trinajstić information content (AvgIpc) is 2.35. The van der Waals surface area contributed by atoms with E-state index in [4.69, 9.17) is 10.2 Å². The van der Waals surface area contributed by atoms with Gasteiger partial charge in [0, 0.05) is 25.7 Å². The fraction of sp³-hybridized carbons (Fsp3) is 0.846. The van der Waals surface area contributed by atoms with E-state index in [9.17, 15) is 9.59 Å². The molecule has 0 bridgehead atoms. The largest absolute Gasteiger partial charge is 0.481 e. The van der Waals surface area contributed by atoms with Crippen molar-refractivity contribution in [2.45, 2.75) is 38.1 Å². The van der Waals surface area contributed by atoms with Gasteiger partial charge in [0.05, 0.1) is 12.5 Å². The Labute approximate surface area is 113 Å². The smallest absolute Gasteiger partial charge is 0.320 e. The maximum absolute atomic E-state index is 12.4. The molecule has 0 radical (unpaired) electrons. The molecule has 2 N–H and O–H groups in total. The minimum absolute atomic E-state index is 0.0432. The van der Waals surface area contributed by atoms with Crippen molar-refractivity contribution < 1.29 is 19.8 Å². The fourth-order valence-corrected chi connectivity index (χ4v) is 2.77. The minimum Gasteiger partial charge on any atom is -0.481 e. The molecule has 2 rings (SSSR count). The first kappa shape index (κ1) is 14.1. The van der Waals surface area contributed by atoms with E-state index in [1.54, 1.807) is 9.80 Å². The lowest BCUT2D eigenvalue weighted by atomic mass is 9.91. The predicted octanol–water partition coefficient (Wildman–Crippen LogP) is 0.750. The second kappa shape index (κ2) is 6.23. The number of carboxylic acids is 1. The zero-order valence-electron chi connectivity index (χ0n) is 11.1. The Bertz CT molecular complexity index is 344. The van der Waals surface area contributed by atoms with Crippen molar-refractivity contribution in [3.63, 3.8) is 0 Å². The number of aliphatic carboxylic acids is 1. The summed E-state index contributed by atoms with van der Waals surface area (Å²) in [6.07, 6.45) is 4.48. The molecule has 2 aliphatic rings. The van der Waals surface area contributed by atoms with E-state index in [1.165, 1.54) is 0 Å². The van der Waals surface area contributed by atoms with Crippen LogP contribution in [-0.2, 0) is 4.79 Å². The zero-order valence-corrected chi connectivity index (χ0v) is 11.1. The average molecular weight is 270 g/mol. The van der Waals surface area contributed by atoms with Gasteiger partial charge in [-0.05, 0) is 32.1 Å². The van der Waals surface area contributed by atoms with E-state index in [1.807, 2.05) is 0 Å². The number of urea groups is 1. The molecule has 1 aliphatic carbocycles. The van der Waals surface area contributed by atoms with Crippen LogP contribution in [0.3, 0.4) is 0 Å². The fourth-order valence-electron chi connectivity index (χ4n) is 2.77. The third-order valence-electron chi connectivity index (χ3n) is 4.14. The van der Waals surface area contributed by atoms with E-state index < -0.39 is 11.9 Å². The minimum atomic E-state index is -0.824. The van der Waals surface area contributed by atoms with Crippen LogP contribution in [0.15, 0.2) is 0 Å². The Hall–Kier alpha value is -1.30. The van der Waals surface area contributed by atoms with Crippen molar-refractivity contribution in [3.8, 4) is 0 Å².